The zero-order valence-corrected chi connectivity index (χ0v) is 14.6. The Hall–Kier alpha value is -3.00. The summed E-state index contributed by atoms with van der Waals surface area (Å²) in [4.78, 5) is 49.5. The highest BCUT2D eigenvalue weighted by atomic mass is 16.5. The van der Waals surface area contributed by atoms with Crippen LogP contribution in [0.1, 0.15) is 38.0 Å². The number of rotatable bonds is 8. The van der Waals surface area contributed by atoms with E-state index >= 15 is 0 Å². The molecular weight excluding hydrogens is 340 g/mol. The van der Waals surface area contributed by atoms with Gasteiger partial charge in [0.25, 0.3) is 17.7 Å². The van der Waals surface area contributed by atoms with Crippen molar-refractivity contribution in [2.24, 2.45) is 0 Å². The fourth-order valence-electron chi connectivity index (χ4n) is 2.41. The first-order valence-corrected chi connectivity index (χ1v) is 7.99. The molecular formula is C18H20N2O6. The van der Waals surface area contributed by atoms with Crippen LogP contribution in [0.3, 0.4) is 0 Å². The Morgan fingerprint density at radius 3 is 2.62 bits per heavy atom. The summed E-state index contributed by atoms with van der Waals surface area (Å²) >= 11 is 0. The third kappa shape index (κ3) is 3.97. The topological polar surface area (TPSA) is 102 Å². The van der Waals surface area contributed by atoms with Crippen molar-refractivity contribution in [1.82, 2.24) is 10.2 Å². The number of nitrogens with zero attached hydrogens (tertiary/aromatic N) is 1. The Bertz CT molecular complexity index is 758. The molecule has 0 radical (unpaired) electrons. The largest absolute Gasteiger partial charge is 0.449 e. The van der Waals surface area contributed by atoms with E-state index in [9.17, 15) is 19.2 Å². The minimum atomic E-state index is -1.01. The Morgan fingerprint density at radius 2 is 1.96 bits per heavy atom. The van der Waals surface area contributed by atoms with Gasteiger partial charge in [0.05, 0.1) is 23.3 Å². The first-order chi connectivity index (χ1) is 12.4. The lowest BCUT2D eigenvalue weighted by Gasteiger charge is -2.13. The van der Waals surface area contributed by atoms with Gasteiger partial charge in [-0.15, -0.1) is 6.58 Å². The maximum Gasteiger partial charge on any atom is 0.338 e. The van der Waals surface area contributed by atoms with Crippen LogP contribution in [-0.2, 0) is 14.3 Å². The summed E-state index contributed by atoms with van der Waals surface area (Å²) in [5.41, 5.74) is 0.434. The minimum Gasteiger partial charge on any atom is -0.449 e. The standard InChI is InChI=1S/C18H20N2O6/c1-4-8-20-16(22)13-6-5-12(10-14(13)17(20)23)18(24)26-11(2)15(21)19-7-9-25-3/h4-6,10-11H,1,7-9H2,2-3H3,(H,19,21)/t11-/m0/s1. The molecule has 8 nitrogen and oxygen atoms in total. The highest BCUT2D eigenvalue weighted by Gasteiger charge is 2.35. The molecule has 1 atom stereocenters. The summed E-state index contributed by atoms with van der Waals surface area (Å²) < 4.78 is 9.92. The third-order valence-corrected chi connectivity index (χ3v) is 3.78. The van der Waals surface area contributed by atoms with E-state index in [0.717, 1.165) is 4.90 Å². The number of fused-ring (bicyclic) bond motifs is 1. The molecule has 0 saturated carbocycles. The van der Waals surface area contributed by atoms with Gasteiger partial charge in [-0.1, -0.05) is 6.08 Å². The molecule has 138 valence electrons. The average Bonchev–Trinajstić information content (AvgIpc) is 2.86. The van der Waals surface area contributed by atoms with E-state index in [4.69, 9.17) is 9.47 Å². The van der Waals surface area contributed by atoms with Crippen LogP contribution < -0.4 is 5.32 Å². The van der Waals surface area contributed by atoms with Gasteiger partial charge in [-0.3, -0.25) is 19.3 Å². The smallest absolute Gasteiger partial charge is 0.338 e. The summed E-state index contributed by atoms with van der Waals surface area (Å²) in [6.45, 7) is 5.68. The third-order valence-electron chi connectivity index (χ3n) is 3.78. The lowest BCUT2D eigenvalue weighted by Crippen LogP contribution is -2.37. The van der Waals surface area contributed by atoms with Gasteiger partial charge in [0.1, 0.15) is 0 Å². The van der Waals surface area contributed by atoms with E-state index in [1.54, 1.807) is 0 Å². The van der Waals surface area contributed by atoms with Crippen LogP contribution in [-0.4, -0.2) is 61.5 Å². The number of nitrogens with one attached hydrogen (secondary N) is 1. The highest BCUT2D eigenvalue weighted by molar-refractivity contribution is 6.22. The van der Waals surface area contributed by atoms with Crippen LogP contribution in [0.2, 0.25) is 0 Å². The van der Waals surface area contributed by atoms with Gasteiger partial charge in [-0.2, -0.15) is 0 Å². The Morgan fingerprint density at radius 1 is 1.27 bits per heavy atom. The summed E-state index contributed by atoms with van der Waals surface area (Å²) in [5.74, 6) is -2.15. The fourth-order valence-corrected chi connectivity index (χ4v) is 2.41. The number of hydrogen-bond acceptors (Lipinski definition) is 6. The van der Waals surface area contributed by atoms with E-state index in [1.807, 2.05) is 0 Å². The van der Waals surface area contributed by atoms with Crippen molar-refractivity contribution < 1.29 is 28.7 Å². The van der Waals surface area contributed by atoms with Crippen LogP contribution in [0.25, 0.3) is 0 Å². The second-order valence-electron chi connectivity index (χ2n) is 5.60. The monoisotopic (exact) mass is 360 g/mol. The molecule has 0 aromatic heterocycles. The van der Waals surface area contributed by atoms with Crippen molar-refractivity contribution in [2.75, 3.05) is 26.8 Å². The Labute approximate surface area is 150 Å². The number of ether oxygens (including phenoxy) is 2. The van der Waals surface area contributed by atoms with Crippen molar-refractivity contribution in [2.45, 2.75) is 13.0 Å². The zero-order chi connectivity index (χ0) is 19.3. The lowest BCUT2D eigenvalue weighted by molar-refractivity contribution is -0.129. The van der Waals surface area contributed by atoms with Crippen LogP contribution in [0.5, 0.6) is 0 Å². The van der Waals surface area contributed by atoms with Gasteiger partial charge in [-0.25, -0.2) is 4.79 Å². The molecule has 1 heterocycles. The van der Waals surface area contributed by atoms with Crippen molar-refractivity contribution in [3.05, 3.63) is 47.5 Å². The number of carbonyl (C=O) groups is 4. The molecule has 1 N–H and O–H groups in total. The maximum absolute atomic E-state index is 12.3. The summed E-state index contributed by atoms with van der Waals surface area (Å²) in [5, 5.41) is 2.56. The molecule has 1 aliphatic rings. The van der Waals surface area contributed by atoms with Crippen molar-refractivity contribution in [3.8, 4) is 0 Å². The van der Waals surface area contributed by atoms with Gasteiger partial charge in [0.2, 0.25) is 0 Å². The van der Waals surface area contributed by atoms with E-state index in [1.165, 1.54) is 38.3 Å². The number of methoxy groups -OCH3 is 1. The van der Waals surface area contributed by atoms with Crippen LogP contribution >= 0.6 is 0 Å². The van der Waals surface area contributed by atoms with Crippen molar-refractivity contribution in [3.63, 3.8) is 0 Å². The molecule has 3 amide bonds. The first kappa shape index (κ1) is 19.3. The van der Waals surface area contributed by atoms with Crippen LogP contribution in [0, 0.1) is 0 Å². The van der Waals surface area contributed by atoms with Gasteiger partial charge in [0.15, 0.2) is 6.10 Å². The molecule has 1 aromatic carbocycles. The SMILES string of the molecule is C=CCN1C(=O)c2ccc(C(=O)O[C@@H](C)C(=O)NCCOC)cc2C1=O. The molecule has 8 heteroatoms. The molecule has 26 heavy (non-hydrogen) atoms. The molecule has 2 rings (SSSR count). The lowest BCUT2D eigenvalue weighted by atomic mass is 10.1. The fraction of sp³-hybridized carbons (Fsp3) is 0.333. The predicted molar refractivity (Wildman–Crippen MR) is 91.8 cm³/mol. The number of hydrogen-bond donors (Lipinski definition) is 1. The van der Waals surface area contributed by atoms with Gasteiger partial charge < -0.3 is 14.8 Å². The van der Waals surface area contributed by atoms with Gasteiger partial charge in [-0.05, 0) is 25.1 Å². The van der Waals surface area contributed by atoms with Crippen molar-refractivity contribution in [1.29, 1.82) is 0 Å². The molecule has 1 aromatic rings. The number of esters is 1. The second-order valence-corrected chi connectivity index (χ2v) is 5.60. The van der Waals surface area contributed by atoms with Crippen LogP contribution in [0.15, 0.2) is 30.9 Å². The summed E-state index contributed by atoms with van der Waals surface area (Å²) in [6, 6.07) is 4.09. The molecule has 0 unspecified atom stereocenters. The molecule has 0 bridgehead atoms. The zero-order valence-electron chi connectivity index (χ0n) is 14.6. The summed E-state index contributed by atoms with van der Waals surface area (Å²) in [7, 11) is 1.51. The average molecular weight is 360 g/mol. The molecule has 0 spiro atoms. The minimum absolute atomic E-state index is 0.0851. The van der Waals surface area contributed by atoms with Crippen molar-refractivity contribution >= 4 is 23.7 Å². The van der Waals surface area contributed by atoms with Crippen LogP contribution in [0.4, 0.5) is 0 Å². The molecule has 0 aliphatic carbocycles. The van der Waals surface area contributed by atoms with E-state index < -0.39 is 29.8 Å². The number of carbonyl (C=O) groups excluding carboxylic acids is 4. The molecule has 0 saturated heterocycles. The molecule has 0 fully saturated rings. The van der Waals surface area contributed by atoms with E-state index in [2.05, 4.69) is 11.9 Å². The number of amides is 3. The molecule has 1 aliphatic heterocycles. The quantitative estimate of drug-likeness (QED) is 0.318. The summed E-state index contributed by atoms with van der Waals surface area (Å²) in [6.07, 6.45) is 0.433. The van der Waals surface area contributed by atoms with E-state index in [0.29, 0.717) is 13.2 Å². The Kier molecular flexibility index (Phi) is 6.24. The second kappa shape index (κ2) is 8.39. The number of imide groups is 1. The highest BCUT2D eigenvalue weighted by Crippen LogP contribution is 2.24. The van der Waals surface area contributed by atoms with E-state index in [-0.39, 0.29) is 23.2 Å². The van der Waals surface area contributed by atoms with Gasteiger partial charge in [0, 0.05) is 20.2 Å². The first-order valence-electron chi connectivity index (χ1n) is 7.99. The van der Waals surface area contributed by atoms with Gasteiger partial charge >= 0.3 is 5.97 Å². The Balaban J connectivity index is 2.08. The maximum atomic E-state index is 12.3. The number of benzene rings is 1. The predicted octanol–water partition coefficient (Wildman–Crippen LogP) is 0.776. The normalized spacial score (nSPS) is 14.0.